The van der Waals surface area contributed by atoms with Gasteiger partial charge in [0.25, 0.3) is 5.52 Å². The quantitative estimate of drug-likeness (QED) is 0.280. The van der Waals surface area contributed by atoms with Crippen LogP contribution in [-0.4, -0.2) is 18.5 Å². The highest BCUT2D eigenvalue weighted by Gasteiger charge is 2.37. The van der Waals surface area contributed by atoms with E-state index in [1.165, 1.54) is 11.1 Å². The molecule has 0 aliphatic rings. The predicted molar refractivity (Wildman–Crippen MR) is 111 cm³/mol. The summed E-state index contributed by atoms with van der Waals surface area (Å²) in [5.41, 5.74) is 0.314. The molecule has 1 aromatic heterocycles. The molecule has 0 N–H and O–H groups in total. The highest BCUT2D eigenvalue weighted by atomic mass is 32.2. The molecule has 0 atom stereocenters. The number of fused-ring (bicyclic) bond motifs is 1. The Morgan fingerprint density at radius 3 is 1.84 bits per heavy atom. The molecule has 0 aliphatic heterocycles. The average Bonchev–Trinajstić information content (AvgIpc) is 3.02. The average molecular weight is 458 g/mol. The third kappa shape index (κ3) is 5.86. The van der Waals surface area contributed by atoms with Crippen LogP contribution in [0.3, 0.4) is 0 Å². The fraction of sp³-hybridized carbons (Fsp3) is 0.409. The zero-order chi connectivity index (χ0) is 23.8. The van der Waals surface area contributed by atoms with Crippen molar-refractivity contribution in [1.82, 2.24) is 0 Å². The van der Waals surface area contributed by atoms with Crippen LogP contribution in [0.4, 0.5) is 13.2 Å². The van der Waals surface area contributed by atoms with Crippen LogP contribution in [0.5, 0.6) is 0 Å². The number of aromatic nitrogens is 1. The molecule has 0 fully saturated rings. The van der Waals surface area contributed by atoms with E-state index >= 15 is 0 Å². The standard InChI is InChI=1S/C21H26NO.CHF3O3S/c1-20(2,3)15-12-17(21(4,5)6)19-18(13-15)22(14-23-19)16-10-8-7-9-11-16;2-1(3,4)8(5,6)7/h7-14H,1-6H3;(H,5,6,7)/q+1;/p-1. The lowest BCUT2D eigenvalue weighted by Crippen LogP contribution is -2.29. The van der Waals surface area contributed by atoms with Crippen molar-refractivity contribution in [2.75, 3.05) is 0 Å². The summed E-state index contributed by atoms with van der Waals surface area (Å²) in [6.07, 6.45) is 1.82. The SMILES string of the molecule is CC(C)(C)c1cc(C(C)(C)C)c2oc[n+](-c3ccccc3)c2c1.O=S(=O)([O-])C(F)(F)F. The Kier molecular flexibility index (Phi) is 6.64. The Morgan fingerprint density at radius 1 is 0.903 bits per heavy atom. The first-order valence-electron chi connectivity index (χ1n) is 9.48. The third-order valence-electron chi connectivity index (χ3n) is 4.60. The molecule has 0 amide bonds. The summed E-state index contributed by atoms with van der Waals surface area (Å²) in [5, 5.41) is 0. The van der Waals surface area contributed by atoms with Gasteiger partial charge in [-0.2, -0.15) is 13.2 Å². The molecule has 0 bridgehead atoms. The molecule has 5 nitrogen and oxygen atoms in total. The minimum absolute atomic E-state index is 0.0336. The predicted octanol–water partition coefficient (Wildman–Crippen LogP) is 5.36. The topological polar surface area (TPSA) is 74.2 Å². The molecule has 3 aromatic rings. The van der Waals surface area contributed by atoms with Crippen molar-refractivity contribution in [3.63, 3.8) is 0 Å². The highest BCUT2D eigenvalue weighted by Crippen LogP contribution is 2.34. The van der Waals surface area contributed by atoms with Crippen molar-refractivity contribution in [2.24, 2.45) is 0 Å². The molecule has 0 unspecified atom stereocenters. The van der Waals surface area contributed by atoms with Crippen LogP contribution in [0, 0.1) is 0 Å². The molecular formula is C22H26F3NO4S. The minimum Gasteiger partial charge on any atom is -0.741 e. The lowest BCUT2D eigenvalue weighted by atomic mass is 9.80. The second-order valence-electron chi connectivity index (χ2n) is 9.20. The monoisotopic (exact) mass is 457 g/mol. The molecule has 170 valence electrons. The maximum Gasteiger partial charge on any atom is 0.485 e. The molecular weight excluding hydrogens is 431 g/mol. The summed E-state index contributed by atoms with van der Waals surface area (Å²) in [5.74, 6) is 0. The van der Waals surface area contributed by atoms with Gasteiger partial charge in [0.15, 0.2) is 10.1 Å². The number of alkyl halides is 3. The highest BCUT2D eigenvalue weighted by molar-refractivity contribution is 7.86. The molecule has 3 rings (SSSR count). The molecule has 0 saturated heterocycles. The van der Waals surface area contributed by atoms with E-state index in [0.717, 1.165) is 16.8 Å². The van der Waals surface area contributed by atoms with Crippen molar-refractivity contribution in [1.29, 1.82) is 0 Å². The first-order valence-corrected chi connectivity index (χ1v) is 10.9. The summed E-state index contributed by atoms with van der Waals surface area (Å²) < 4.78 is 67.0. The van der Waals surface area contributed by atoms with Crippen LogP contribution in [0.15, 0.2) is 53.3 Å². The van der Waals surface area contributed by atoms with Gasteiger partial charge in [0.2, 0.25) is 11.3 Å². The van der Waals surface area contributed by atoms with E-state index < -0.39 is 15.6 Å². The fourth-order valence-corrected chi connectivity index (χ4v) is 2.86. The number of hydrogen-bond acceptors (Lipinski definition) is 4. The van der Waals surface area contributed by atoms with Crippen LogP contribution < -0.4 is 4.57 Å². The number of benzene rings is 2. The van der Waals surface area contributed by atoms with Gasteiger partial charge in [-0.25, -0.2) is 8.42 Å². The van der Waals surface area contributed by atoms with Gasteiger partial charge in [-0.15, -0.1) is 4.57 Å². The summed E-state index contributed by atoms with van der Waals surface area (Å²) in [4.78, 5) is 0. The van der Waals surface area contributed by atoms with Gasteiger partial charge in [0.05, 0.1) is 0 Å². The van der Waals surface area contributed by atoms with Crippen LogP contribution in [0.2, 0.25) is 0 Å². The lowest BCUT2D eigenvalue weighted by Gasteiger charge is -2.24. The first-order chi connectivity index (χ1) is 13.9. The zero-order valence-corrected chi connectivity index (χ0v) is 19.1. The van der Waals surface area contributed by atoms with E-state index in [-0.39, 0.29) is 10.8 Å². The molecule has 9 heteroatoms. The van der Waals surface area contributed by atoms with Gasteiger partial charge in [-0.1, -0.05) is 65.8 Å². The van der Waals surface area contributed by atoms with Crippen molar-refractivity contribution < 1.29 is 35.1 Å². The van der Waals surface area contributed by atoms with Gasteiger partial charge in [-0.05, 0) is 16.4 Å². The Bertz CT molecular complexity index is 1150. The Hall–Kier alpha value is -2.39. The van der Waals surface area contributed by atoms with Crippen LogP contribution in [-0.2, 0) is 20.9 Å². The van der Waals surface area contributed by atoms with Gasteiger partial charge >= 0.3 is 11.9 Å². The molecule has 0 radical (unpaired) electrons. The van der Waals surface area contributed by atoms with Gasteiger partial charge in [-0.3, -0.25) is 0 Å². The molecule has 0 spiro atoms. The summed E-state index contributed by atoms with van der Waals surface area (Å²) >= 11 is 0. The smallest absolute Gasteiger partial charge is 0.485 e. The zero-order valence-electron chi connectivity index (χ0n) is 18.2. The van der Waals surface area contributed by atoms with Gasteiger partial charge < -0.3 is 8.97 Å². The van der Waals surface area contributed by atoms with Gasteiger partial charge in [0.1, 0.15) is 0 Å². The maximum atomic E-state index is 10.7. The third-order valence-corrected chi connectivity index (χ3v) is 5.16. The van der Waals surface area contributed by atoms with Crippen molar-refractivity contribution in [2.45, 2.75) is 57.9 Å². The van der Waals surface area contributed by atoms with E-state index in [4.69, 9.17) is 17.4 Å². The van der Waals surface area contributed by atoms with E-state index in [9.17, 15) is 13.2 Å². The number of para-hydroxylation sites is 1. The maximum absolute atomic E-state index is 10.7. The van der Waals surface area contributed by atoms with Crippen LogP contribution >= 0.6 is 0 Å². The Morgan fingerprint density at radius 2 is 1.42 bits per heavy atom. The number of rotatable bonds is 1. The Labute approximate surface area is 180 Å². The summed E-state index contributed by atoms with van der Waals surface area (Å²) in [7, 11) is -6.09. The van der Waals surface area contributed by atoms with Crippen molar-refractivity contribution in [3.05, 3.63) is 60.0 Å². The van der Waals surface area contributed by atoms with E-state index in [0.29, 0.717) is 0 Å². The van der Waals surface area contributed by atoms with Gasteiger partial charge in [0, 0.05) is 23.8 Å². The largest absolute Gasteiger partial charge is 0.741 e. The molecule has 31 heavy (non-hydrogen) atoms. The lowest BCUT2D eigenvalue weighted by molar-refractivity contribution is -0.573. The number of halogens is 3. The first kappa shape index (κ1) is 24.9. The molecule has 2 aromatic carbocycles. The normalized spacial score (nSPS) is 13.1. The van der Waals surface area contributed by atoms with Crippen molar-refractivity contribution >= 4 is 21.2 Å². The second kappa shape index (κ2) is 8.27. The number of oxazole rings is 1. The summed E-state index contributed by atoms with van der Waals surface area (Å²) in [6, 6.07) is 14.9. The second-order valence-corrected chi connectivity index (χ2v) is 10.6. The number of hydrogen-bond donors (Lipinski definition) is 0. The summed E-state index contributed by atoms with van der Waals surface area (Å²) in [6.45, 7) is 13.5. The van der Waals surface area contributed by atoms with Crippen molar-refractivity contribution in [3.8, 4) is 5.69 Å². The van der Waals surface area contributed by atoms with Crippen LogP contribution in [0.1, 0.15) is 52.7 Å². The fourth-order valence-electron chi connectivity index (χ4n) is 2.86. The minimum atomic E-state index is -6.09. The molecule has 1 heterocycles. The molecule has 0 saturated carbocycles. The Balaban J connectivity index is 0.000000366. The van der Waals surface area contributed by atoms with E-state index in [1.807, 2.05) is 12.5 Å². The number of nitrogens with zero attached hydrogens (tertiary/aromatic N) is 1. The van der Waals surface area contributed by atoms with Crippen LogP contribution in [0.25, 0.3) is 16.8 Å². The van der Waals surface area contributed by atoms with E-state index in [2.05, 4.69) is 82.5 Å². The molecule has 0 aliphatic carbocycles. The van der Waals surface area contributed by atoms with E-state index in [1.54, 1.807) is 0 Å².